The molecule has 1 aliphatic rings. The van der Waals surface area contributed by atoms with Crippen molar-refractivity contribution >= 4 is 29.3 Å². The quantitative estimate of drug-likeness (QED) is 0.841. The molecule has 0 spiro atoms. The van der Waals surface area contributed by atoms with E-state index in [1.54, 1.807) is 24.9 Å². The lowest BCUT2D eigenvalue weighted by molar-refractivity contribution is -0.118. The normalized spacial score (nSPS) is 14.2. The van der Waals surface area contributed by atoms with Gasteiger partial charge in [0.25, 0.3) is 0 Å². The van der Waals surface area contributed by atoms with E-state index in [4.69, 9.17) is 16.3 Å². The average molecular weight is 300 g/mol. The Morgan fingerprint density at radius 3 is 3.00 bits per heavy atom. The van der Waals surface area contributed by atoms with Gasteiger partial charge in [0.05, 0.1) is 12.9 Å². The fourth-order valence-electron chi connectivity index (χ4n) is 1.74. The van der Waals surface area contributed by atoms with Crippen molar-refractivity contribution in [2.45, 2.75) is 18.6 Å². The number of nitrogens with one attached hydrogen (secondary N) is 1. The summed E-state index contributed by atoms with van der Waals surface area (Å²) in [5.41, 5.74) is 1.02. The molecule has 0 heterocycles. The van der Waals surface area contributed by atoms with Crippen molar-refractivity contribution in [2.75, 3.05) is 19.4 Å². The Hall–Kier alpha value is -0.870. The Labute approximate surface area is 123 Å². The maximum atomic E-state index is 11.6. The van der Waals surface area contributed by atoms with E-state index >= 15 is 0 Å². The van der Waals surface area contributed by atoms with Gasteiger partial charge in [-0.1, -0.05) is 11.6 Å². The zero-order chi connectivity index (χ0) is 13.7. The number of amides is 1. The Kier molecular flexibility index (Phi) is 5.40. The lowest BCUT2D eigenvalue weighted by Gasteiger charge is -2.09. The molecular weight excluding hydrogens is 282 g/mol. The van der Waals surface area contributed by atoms with Gasteiger partial charge in [0.2, 0.25) is 5.91 Å². The number of carbonyl (C=O) groups is 1. The minimum absolute atomic E-state index is 0.109. The van der Waals surface area contributed by atoms with Crippen molar-refractivity contribution in [2.24, 2.45) is 5.92 Å². The van der Waals surface area contributed by atoms with Crippen LogP contribution in [-0.4, -0.2) is 25.3 Å². The smallest absolute Gasteiger partial charge is 0.230 e. The predicted octanol–water partition coefficient (Wildman–Crippen LogP) is 3.11. The van der Waals surface area contributed by atoms with Crippen LogP contribution in [0.5, 0.6) is 5.75 Å². The van der Waals surface area contributed by atoms with Gasteiger partial charge in [0, 0.05) is 22.9 Å². The Balaban J connectivity index is 1.74. The number of carbonyl (C=O) groups excluding carboxylic acids is 1. The molecule has 5 heteroatoms. The van der Waals surface area contributed by atoms with Gasteiger partial charge in [-0.2, -0.15) is 0 Å². The number of benzene rings is 1. The fraction of sp³-hybridized carbons (Fsp3) is 0.500. The molecule has 3 nitrogen and oxygen atoms in total. The molecule has 104 valence electrons. The molecule has 0 saturated heterocycles. The summed E-state index contributed by atoms with van der Waals surface area (Å²) in [4.78, 5) is 11.6. The van der Waals surface area contributed by atoms with Crippen LogP contribution >= 0.6 is 23.4 Å². The van der Waals surface area contributed by atoms with E-state index in [2.05, 4.69) is 5.32 Å². The van der Waals surface area contributed by atoms with E-state index in [1.807, 2.05) is 12.1 Å². The largest absolute Gasteiger partial charge is 0.496 e. The van der Waals surface area contributed by atoms with Crippen LogP contribution in [0.4, 0.5) is 0 Å². The summed E-state index contributed by atoms with van der Waals surface area (Å²) in [7, 11) is 1.64. The summed E-state index contributed by atoms with van der Waals surface area (Å²) in [5, 5.41) is 3.64. The Bertz CT molecular complexity index is 449. The van der Waals surface area contributed by atoms with Crippen molar-refractivity contribution in [1.29, 1.82) is 0 Å². The first kappa shape index (κ1) is 14.5. The molecule has 0 radical (unpaired) electrons. The summed E-state index contributed by atoms with van der Waals surface area (Å²) in [6.45, 7) is 0.833. The second kappa shape index (κ2) is 7.06. The average Bonchev–Trinajstić information content (AvgIpc) is 3.21. The number of methoxy groups -OCH3 is 1. The number of hydrogen-bond acceptors (Lipinski definition) is 3. The standard InChI is InChI=1S/C14H18ClNO2S/c1-18-13-5-4-12(15)6-11(13)8-19-9-14(17)16-7-10-2-3-10/h4-6,10H,2-3,7-9H2,1H3,(H,16,17). The van der Waals surface area contributed by atoms with Crippen molar-refractivity contribution in [3.8, 4) is 5.75 Å². The minimum Gasteiger partial charge on any atom is -0.496 e. The van der Waals surface area contributed by atoms with Crippen LogP contribution in [0, 0.1) is 5.92 Å². The fourth-order valence-corrected chi connectivity index (χ4v) is 2.77. The van der Waals surface area contributed by atoms with Crippen molar-refractivity contribution in [1.82, 2.24) is 5.32 Å². The number of hydrogen-bond donors (Lipinski definition) is 1. The molecule has 1 aromatic carbocycles. The molecule has 1 aliphatic carbocycles. The van der Waals surface area contributed by atoms with Crippen LogP contribution in [0.3, 0.4) is 0 Å². The van der Waals surface area contributed by atoms with Crippen molar-refractivity contribution in [3.05, 3.63) is 28.8 Å². The second-order valence-electron chi connectivity index (χ2n) is 4.70. The van der Waals surface area contributed by atoms with E-state index in [0.29, 0.717) is 10.8 Å². The maximum Gasteiger partial charge on any atom is 0.230 e. The maximum absolute atomic E-state index is 11.6. The lowest BCUT2D eigenvalue weighted by Crippen LogP contribution is -2.27. The zero-order valence-electron chi connectivity index (χ0n) is 10.9. The molecule has 1 amide bonds. The highest BCUT2D eigenvalue weighted by Crippen LogP contribution is 2.28. The van der Waals surface area contributed by atoms with Gasteiger partial charge in [-0.25, -0.2) is 0 Å². The first-order valence-corrected chi connectivity index (χ1v) is 7.89. The highest BCUT2D eigenvalue weighted by Gasteiger charge is 2.21. The van der Waals surface area contributed by atoms with Crippen molar-refractivity contribution < 1.29 is 9.53 Å². The highest BCUT2D eigenvalue weighted by molar-refractivity contribution is 7.99. The van der Waals surface area contributed by atoms with E-state index in [-0.39, 0.29) is 5.91 Å². The number of halogens is 1. The summed E-state index contributed by atoms with van der Waals surface area (Å²) in [6, 6.07) is 5.54. The molecule has 0 atom stereocenters. The van der Waals surface area contributed by atoms with Crippen LogP contribution in [0.15, 0.2) is 18.2 Å². The van der Waals surface area contributed by atoms with E-state index in [9.17, 15) is 4.79 Å². The third-order valence-corrected chi connectivity index (χ3v) is 4.23. The predicted molar refractivity (Wildman–Crippen MR) is 79.9 cm³/mol. The molecule has 1 saturated carbocycles. The van der Waals surface area contributed by atoms with Gasteiger partial charge in [0.15, 0.2) is 0 Å². The van der Waals surface area contributed by atoms with E-state index in [1.165, 1.54) is 12.8 Å². The number of rotatable bonds is 7. The van der Waals surface area contributed by atoms with Gasteiger partial charge >= 0.3 is 0 Å². The Morgan fingerprint density at radius 2 is 2.32 bits per heavy atom. The molecule has 0 aliphatic heterocycles. The zero-order valence-corrected chi connectivity index (χ0v) is 12.5. The Morgan fingerprint density at radius 1 is 1.53 bits per heavy atom. The van der Waals surface area contributed by atoms with Crippen LogP contribution in [0.1, 0.15) is 18.4 Å². The van der Waals surface area contributed by atoms with Crippen LogP contribution in [-0.2, 0) is 10.5 Å². The molecule has 0 bridgehead atoms. The first-order valence-electron chi connectivity index (χ1n) is 6.36. The van der Waals surface area contributed by atoms with Crippen LogP contribution in [0.25, 0.3) is 0 Å². The SMILES string of the molecule is COc1ccc(Cl)cc1CSCC(=O)NCC1CC1. The van der Waals surface area contributed by atoms with Gasteiger partial charge in [-0.05, 0) is 37.0 Å². The molecule has 1 N–H and O–H groups in total. The monoisotopic (exact) mass is 299 g/mol. The molecule has 1 fully saturated rings. The van der Waals surface area contributed by atoms with Crippen LogP contribution in [0.2, 0.25) is 5.02 Å². The second-order valence-corrected chi connectivity index (χ2v) is 6.12. The van der Waals surface area contributed by atoms with Gasteiger partial charge in [-0.15, -0.1) is 11.8 Å². The summed E-state index contributed by atoms with van der Waals surface area (Å²) in [5.74, 6) is 2.85. The van der Waals surface area contributed by atoms with E-state index in [0.717, 1.165) is 29.5 Å². The first-order chi connectivity index (χ1) is 9.19. The summed E-state index contributed by atoms with van der Waals surface area (Å²) in [6.07, 6.45) is 2.51. The molecule has 0 unspecified atom stereocenters. The molecule has 2 rings (SSSR count). The lowest BCUT2D eigenvalue weighted by atomic mass is 10.2. The molecule has 0 aromatic heterocycles. The summed E-state index contributed by atoms with van der Waals surface area (Å²) < 4.78 is 5.27. The molecule has 1 aromatic rings. The molecular formula is C14H18ClNO2S. The number of thioether (sulfide) groups is 1. The van der Waals surface area contributed by atoms with Crippen LogP contribution < -0.4 is 10.1 Å². The molecule has 19 heavy (non-hydrogen) atoms. The highest BCUT2D eigenvalue weighted by atomic mass is 35.5. The van der Waals surface area contributed by atoms with Crippen molar-refractivity contribution in [3.63, 3.8) is 0 Å². The number of ether oxygens (including phenoxy) is 1. The minimum atomic E-state index is 0.109. The van der Waals surface area contributed by atoms with Gasteiger partial charge in [-0.3, -0.25) is 4.79 Å². The summed E-state index contributed by atoms with van der Waals surface area (Å²) >= 11 is 7.54. The third-order valence-electron chi connectivity index (χ3n) is 3.02. The van der Waals surface area contributed by atoms with Gasteiger partial charge in [0.1, 0.15) is 5.75 Å². The third kappa shape index (κ3) is 4.96. The topological polar surface area (TPSA) is 38.3 Å². The van der Waals surface area contributed by atoms with Gasteiger partial charge < -0.3 is 10.1 Å². The van der Waals surface area contributed by atoms with E-state index < -0.39 is 0 Å².